The van der Waals surface area contributed by atoms with Gasteiger partial charge in [-0.2, -0.15) is 5.10 Å². The van der Waals surface area contributed by atoms with E-state index in [2.05, 4.69) is 26.5 Å². The van der Waals surface area contributed by atoms with Gasteiger partial charge < -0.3 is 20.4 Å². The lowest BCUT2D eigenvalue weighted by molar-refractivity contribution is -0.136. The van der Waals surface area contributed by atoms with Crippen LogP contribution in [0.1, 0.15) is 22.6 Å². The molecule has 174 valence electrons. The molecule has 0 spiro atoms. The van der Waals surface area contributed by atoms with Crippen molar-refractivity contribution < 1.29 is 23.6 Å². The number of aryl methyl sites for hydroxylation is 2. The van der Waals surface area contributed by atoms with E-state index in [1.54, 1.807) is 49.4 Å². The van der Waals surface area contributed by atoms with Crippen molar-refractivity contribution in [3.63, 3.8) is 0 Å². The van der Waals surface area contributed by atoms with E-state index in [1.165, 1.54) is 6.21 Å². The van der Waals surface area contributed by atoms with Crippen molar-refractivity contribution in [2.75, 3.05) is 10.6 Å². The number of carbonyl (C=O) groups is 4. The third-order valence-electron chi connectivity index (χ3n) is 4.58. The highest BCUT2D eigenvalue weighted by molar-refractivity contribution is 6.40. The molecule has 0 unspecified atom stereocenters. The summed E-state index contributed by atoms with van der Waals surface area (Å²) in [5, 5.41) is 11.1. The number of furan rings is 1. The quantitative estimate of drug-likeness (QED) is 0.253. The minimum Gasteiger partial charge on any atom is -0.458 e. The van der Waals surface area contributed by atoms with Crippen LogP contribution >= 0.6 is 0 Å². The van der Waals surface area contributed by atoms with E-state index in [4.69, 9.17) is 4.42 Å². The van der Waals surface area contributed by atoms with Crippen molar-refractivity contribution >= 4 is 41.2 Å². The smallest absolute Gasteiger partial charge is 0.329 e. The maximum Gasteiger partial charge on any atom is 0.329 e. The second kappa shape index (κ2) is 11.2. The van der Waals surface area contributed by atoms with Crippen molar-refractivity contribution in [3.05, 3.63) is 83.3 Å². The fourth-order valence-corrected chi connectivity index (χ4v) is 2.73. The zero-order valence-electron chi connectivity index (χ0n) is 18.5. The molecule has 0 fully saturated rings. The maximum absolute atomic E-state index is 12.0. The highest BCUT2D eigenvalue weighted by Crippen LogP contribution is 2.12. The van der Waals surface area contributed by atoms with Gasteiger partial charge in [-0.25, -0.2) is 5.43 Å². The van der Waals surface area contributed by atoms with Crippen LogP contribution < -0.4 is 21.4 Å². The van der Waals surface area contributed by atoms with Gasteiger partial charge in [0.05, 0.1) is 12.8 Å². The van der Waals surface area contributed by atoms with Gasteiger partial charge in [-0.1, -0.05) is 35.9 Å². The Bertz CT molecular complexity index is 1230. The van der Waals surface area contributed by atoms with E-state index in [1.807, 2.05) is 25.1 Å². The van der Waals surface area contributed by atoms with Gasteiger partial charge in [0.1, 0.15) is 11.5 Å². The summed E-state index contributed by atoms with van der Waals surface area (Å²) in [7, 11) is 0. The van der Waals surface area contributed by atoms with Gasteiger partial charge in [0.2, 0.25) is 0 Å². The Morgan fingerprint density at radius 2 is 1.53 bits per heavy atom. The molecule has 4 N–H and O–H groups in total. The van der Waals surface area contributed by atoms with E-state index in [9.17, 15) is 19.2 Å². The molecule has 4 amide bonds. The summed E-state index contributed by atoms with van der Waals surface area (Å²) < 4.78 is 5.45. The first-order valence-corrected chi connectivity index (χ1v) is 10.3. The van der Waals surface area contributed by atoms with E-state index >= 15 is 0 Å². The lowest BCUT2D eigenvalue weighted by atomic mass is 10.2. The number of nitrogens with one attached hydrogen (secondary N) is 4. The topological polar surface area (TPSA) is 142 Å². The van der Waals surface area contributed by atoms with Crippen molar-refractivity contribution in [1.29, 1.82) is 0 Å². The molecule has 0 saturated carbocycles. The number of rotatable bonds is 6. The molecular weight excluding hydrogens is 438 g/mol. The van der Waals surface area contributed by atoms with Crippen LogP contribution in [0.25, 0.3) is 0 Å². The van der Waals surface area contributed by atoms with Crippen molar-refractivity contribution in [1.82, 2.24) is 10.7 Å². The average Bonchev–Trinajstić information content (AvgIpc) is 3.28. The summed E-state index contributed by atoms with van der Waals surface area (Å²) in [6.45, 7) is 3.69. The molecule has 0 atom stereocenters. The Hall–Kier alpha value is -4.73. The van der Waals surface area contributed by atoms with Gasteiger partial charge in [0, 0.05) is 11.4 Å². The molecule has 3 rings (SSSR count). The Morgan fingerprint density at radius 1 is 0.824 bits per heavy atom. The van der Waals surface area contributed by atoms with Crippen LogP contribution in [0.5, 0.6) is 0 Å². The molecule has 0 bridgehead atoms. The molecule has 2 aromatic carbocycles. The SMILES string of the molecule is Cc1ccc(NC(=O)C(=O)NCc2ccc(/C=N/NC(=O)C(=O)Nc3ccccc3C)o2)cc1. The first kappa shape index (κ1) is 23.9. The summed E-state index contributed by atoms with van der Waals surface area (Å²) in [5.41, 5.74) is 4.99. The lowest BCUT2D eigenvalue weighted by Gasteiger charge is -2.06. The lowest BCUT2D eigenvalue weighted by Crippen LogP contribution is -2.34. The predicted molar refractivity (Wildman–Crippen MR) is 126 cm³/mol. The van der Waals surface area contributed by atoms with Gasteiger partial charge in [0.25, 0.3) is 0 Å². The predicted octanol–water partition coefficient (Wildman–Crippen LogP) is 2.24. The standard InChI is InChI=1S/C24H23N5O5/c1-15-7-9-17(10-8-15)27-22(31)21(30)25-13-18-11-12-19(34-18)14-26-29-24(33)23(32)28-20-6-4-3-5-16(20)2/h3-12,14H,13H2,1-2H3,(H,25,30)(H,27,31)(H,28,32)(H,29,33)/b26-14+. The second-order valence-corrected chi connectivity index (χ2v) is 7.28. The minimum atomic E-state index is -0.946. The monoisotopic (exact) mass is 461 g/mol. The number of hydrogen-bond acceptors (Lipinski definition) is 6. The van der Waals surface area contributed by atoms with E-state index in [0.717, 1.165) is 11.1 Å². The molecular formula is C24H23N5O5. The largest absolute Gasteiger partial charge is 0.458 e. The van der Waals surface area contributed by atoms with Crippen molar-refractivity contribution in [3.8, 4) is 0 Å². The summed E-state index contributed by atoms with van der Waals surface area (Å²) in [6, 6.07) is 17.2. The van der Waals surface area contributed by atoms with Gasteiger partial charge in [-0.15, -0.1) is 0 Å². The fourth-order valence-electron chi connectivity index (χ4n) is 2.73. The highest BCUT2D eigenvalue weighted by Gasteiger charge is 2.15. The molecule has 0 saturated heterocycles. The number of anilines is 2. The van der Waals surface area contributed by atoms with Crippen LogP contribution in [0, 0.1) is 13.8 Å². The summed E-state index contributed by atoms with van der Waals surface area (Å²) in [6.07, 6.45) is 1.20. The highest BCUT2D eigenvalue weighted by atomic mass is 16.3. The number of carbonyl (C=O) groups excluding carboxylic acids is 4. The third kappa shape index (κ3) is 6.89. The van der Waals surface area contributed by atoms with Gasteiger partial charge in [-0.05, 0) is 49.7 Å². The summed E-state index contributed by atoms with van der Waals surface area (Å²) in [5.74, 6) is -2.80. The van der Waals surface area contributed by atoms with Gasteiger partial charge in [-0.3, -0.25) is 19.2 Å². The Morgan fingerprint density at radius 3 is 2.26 bits per heavy atom. The first-order valence-electron chi connectivity index (χ1n) is 10.3. The third-order valence-corrected chi connectivity index (χ3v) is 4.58. The fraction of sp³-hybridized carbons (Fsp3) is 0.125. The first-order chi connectivity index (χ1) is 16.3. The summed E-state index contributed by atoms with van der Waals surface area (Å²) in [4.78, 5) is 47.8. The molecule has 34 heavy (non-hydrogen) atoms. The van der Waals surface area contributed by atoms with Crippen LogP contribution in [0.4, 0.5) is 11.4 Å². The zero-order valence-corrected chi connectivity index (χ0v) is 18.5. The minimum absolute atomic E-state index is 0.0286. The second-order valence-electron chi connectivity index (χ2n) is 7.28. The Labute approximate surface area is 195 Å². The van der Waals surface area contributed by atoms with Crippen LogP contribution in [-0.2, 0) is 25.7 Å². The van der Waals surface area contributed by atoms with Crippen molar-refractivity contribution in [2.45, 2.75) is 20.4 Å². The molecule has 3 aromatic rings. The summed E-state index contributed by atoms with van der Waals surface area (Å²) >= 11 is 0. The van der Waals surface area contributed by atoms with Crippen LogP contribution in [0.15, 0.2) is 70.2 Å². The molecule has 10 heteroatoms. The van der Waals surface area contributed by atoms with E-state index in [-0.39, 0.29) is 12.3 Å². The van der Waals surface area contributed by atoms with Crippen LogP contribution in [-0.4, -0.2) is 29.8 Å². The zero-order chi connectivity index (χ0) is 24.5. The van der Waals surface area contributed by atoms with Crippen LogP contribution in [0.3, 0.4) is 0 Å². The number of amides is 4. The molecule has 1 heterocycles. The normalized spacial score (nSPS) is 10.5. The van der Waals surface area contributed by atoms with Crippen molar-refractivity contribution in [2.24, 2.45) is 5.10 Å². The number of benzene rings is 2. The van der Waals surface area contributed by atoms with Gasteiger partial charge in [0.15, 0.2) is 0 Å². The number of hydrogen-bond donors (Lipinski definition) is 4. The molecule has 0 aliphatic carbocycles. The number of hydrazone groups is 1. The number of para-hydroxylation sites is 1. The Kier molecular flexibility index (Phi) is 7.90. The van der Waals surface area contributed by atoms with Gasteiger partial charge >= 0.3 is 23.6 Å². The molecule has 0 aliphatic rings. The molecule has 10 nitrogen and oxygen atoms in total. The Balaban J connectivity index is 1.43. The molecule has 1 aromatic heterocycles. The van der Waals surface area contributed by atoms with Crippen LogP contribution in [0.2, 0.25) is 0 Å². The average molecular weight is 461 g/mol. The van der Waals surface area contributed by atoms with E-state index in [0.29, 0.717) is 17.1 Å². The maximum atomic E-state index is 12.0. The number of nitrogens with zero attached hydrogens (tertiary/aromatic N) is 1. The van der Waals surface area contributed by atoms with E-state index < -0.39 is 23.6 Å². The molecule has 0 radical (unpaired) electrons. The molecule has 0 aliphatic heterocycles.